The van der Waals surface area contributed by atoms with Gasteiger partial charge in [0, 0.05) is 17.7 Å². The molecule has 3 nitrogen and oxygen atoms in total. The van der Waals surface area contributed by atoms with Crippen LogP contribution in [0, 0.1) is 13.8 Å². The molecule has 1 aromatic carbocycles. The van der Waals surface area contributed by atoms with E-state index in [4.69, 9.17) is 4.52 Å². The number of hydrogen-bond acceptors (Lipinski definition) is 3. The summed E-state index contributed by atoms with van der Waals surface area (Å²) in [6.45, 7) is 8.01. The summed E-state index contributed by atoms with van der Waals surface area (Å²) in [6.07, 6.45) is 1.79. The fraction of sp³-hybridized carbons (Fsp3) is 0.357. The van der Waals surface area contributed by atoms with Crippen LogP contribution < -0.4 is 5.32 Å². The van der Waals surface area contributed by atoms with Gasteiger partial charge < -0.3 is 9.84 Å². The topological polar surface area (TPSA) is 38.1 Å². The van der Waals surface area contributed by atoms with Crippen LogP contribution in [0.25, 0.3) is 11.3 Å². The summed E-state index contributed by atoms with van der Waals surface area (Å²) in [6, 6.07) is 6.41. The lowest BCUT2D eigenvalue weighted by molar-refractivity contribution is 0.431. The molecule has 1 aromatic heterocycles. The third-order valence-corrected chi connectivity index (χ3v) is 2.69. The van der Waals surface area contributed by atoms with Crippen LogP contribution in [0.15, 0.2) is 28.9 Å². The van der Waals surface area contributed by atoms with E-state index < -0.39 is 0 Å². The van der Waals surface area contributed by atoms with Gasteiger partial charge in [0.2, 0.25) is 0 Å². The molecule has 0 radical (unpaired) electrons. The molecule has 0 bridgehead atoms. The molecule has 1 N–H and O–H groups in total. The van der Waals surface area contributed by atoms with Gasteiger partial charge in [0.15, 0.2) is 5.76 Å². The number of rotatable bonds is 4. The normalized spacial score (nSPS) is 10.8. The van der Waals surface area contributed by atoms with E-state index in [9.17, 15) is 0 Å². The molecule has 0 aliphatic heterocycles. The van der Waals surface area contributed by atoms with Crippen molar-refractivity contribution in [2.45, 2.75) is 27.3 Å². The molecule has 0 aliphatic carbocycles. The highest BCUT2D eigenvalue weighted by atomic mass is 16.5. The molecule has 0 saturated heterocycles. The molecule has 1 heterocycles. The van der Waals surface area contributed by atoms with Crippen LogP contribution in [0.1, 0.15) is 23.6 Å². The summed E-state index contributed by atoms with van der Waals surface area (Å²) in [5.41, 5.74) is 4.70. The van der Waals surface area contributed by atoms with Crippen LogP contribution >= 0.6 is 0 Å². The summed E-state index contributed by atoms with van der Waals surface area (Å²) >= 11 is 0. The van der Waals surface area contributed by atoms with Crippen LogP contribution in [-0.2, 0) is 6.54 Å². The third-order valence-electron chi connectivity index (χ3n) is 2.69. The first kappa shape index (κ1) is 11.9. The van der Waals surface area contributed by atoms with E-state index in [1.54, 1.807) is 6.20 Å². The second-order valence-electron chi connectivity index (χ2n) is 4.34. The largest absolute Gasteiger partial charge is 0.356 e. The molecule has 0 fully saturated rings. The van der Waals surface area contributed by atoms with Crippen molar-refractivity contribution >= 4 is 0 Å². The minimum Gasteiger partial charge on any atom is -0.356 e. The van der Waals surface area contributed by atoms with Crippen molar-refractivity contribution in [3.63, 3.8) is 0 Å². The summed E-state index contributed by atoms with van der Waals surface area (Å²) in [5, 5.41) is 7.19. The molecule has 0 atom stereocenters. The first-order valence-corrected chi connectivity index (χ1v) is 5.93. The molecule has 2 aromatic rings. The lowest BCUT2D eigenvalue weighted by Gasteiger charge is -2.04. The fourth-order valence-electron chi connectivity index (χ4n) is 1.99. The maximum atomic E-state index is 5.37. The third kappa shape index (κ3) is 2.74. The van der Waals surface area contributed by atoms with Gasteiger partial charge in [-0.3, -0.25) is 0 Å². The molecule has 2 rings (SSSR count). The Morgan fingerprint density at radius 1 is 1.18 bits per heavy atom. The minimum atomic E-state index is 0.794. The van der Waals surface area contributed by atoms with Crippen molar-refractivity contribution < 1.29 is 4.52 Å². The number of nitrogens with one attached hydrogen (secondary N) is 1. The maximum absolute atomic E-state index is 5.37. The maximum Gasteiger partial charge on any atom is 0.171 e. The molecule has 0 amide bonds. The van der Waals surface area contributed by atoms with Crippen molar-refractivity contribution in [2.75, 3.05) is 6.54 Å². The number of hydrogen-bond donors (Lipinski definition) is 1. The Bertz CT molecular complexity index is 482. The van der Waals surface area contributed by atoms with Gasteiger partial charge in [-0.25, -0.2) is 0 Å². The van der Waals surface area contributed by atoms with E-state index in [0.717, 1.165) is 30.0 Å². The predicted molar refractivity (Wildman–Crippen MR) is 68.8 cm³/mol. The van der Waals surface area contributed by atoms with E-state index >= 15 is 0 Å². The molecule has 0 unspecified atom stereocenters. The van der Waals surface area contributed by atoms with Crippen LogP contribution in [0.3, 0.4) is 0 Å². The Labute approximate surface area is 102 Å². The highest BCUT2D eigenvalue weighted by Crippen LogP contribution is 2.25. The van der Waals surface area contributed by atoms with Gasteiger partial charge >= 0.3 is 0 Å². The summed E-state index contributed by atoms with van der Waals surface area (Å²) in [7, 11) is 0. The average molecular weight is 230 g/mol. The lowest BCUT2D eigenvalue weighted by atomic mass is 10.0. The molecular weight excluding hydrogens is 212 g/mol. The highest BCUT2D eigenvalue weighted by Gasteiger charge is 2.10. The summed E-state index contributed by atoms with van der Waals surface area (Å²) in [5.74, 6) is 0.873. The van der Waals surface area contributed by atoms with Crippen LogP contribution in [0.5, 0.6) is 0 Å². The van der Waals surface area contributed by atoms with Gasteiger partial charge in [0.05, 0.1) is 6.20 Å². The number of nitrogens with zero attached hydrogens (tertiary/aromatic N) is 1. The minimum absolute atomic E-state index is 0.794. The monoisotopic (exact) mass is 230 g/mol. The molecule has 0 spiro atoms. The van der Waals surface area contributed by atoms with E-state index in [1.165, 1.54) is 11.1 Å². The summed E-state index contributed by atoms with van der Waals surface area (Å²) < 4.78 is 5.37. The molecule has 90 valence electrons. The van der Waals surface area contributed by atoms with Crippen LogP contribution in [-0.4, -0.2) is 11.7 Å². The Morgan fingerprint density at radius 3 is 2.53 bits per heavy atom. The van der Waals surface area contributed by atoms with Crippen molar-refractivity contribution in [3.8, 4) is 11.3 Å². The smallest absolute Gasteiger partial charge is 0.171 e. The SMILES string of the molecule is CCNCc1cnoc1-c1cc(C)cc(C)c1. The molecule has 0 aliphatic rings. The quantitative estimate of drug-likeness (QED) is 0.877. The van der Waals surface area contributed by atoms with Crippen molar-refractivity contribution in [1.29, 1.82) is 0 Å². The zero-order valence-electron chi connectivity index (χ0n) is 10.6. The first-order chi connectivity index (χ1) is 8.20. The van der Waals surface area contributed by atoms with Crippen molar-refractivity contribution in [2.24, 2.45) is 0 Å². The first-order valence-electron chi connectivity index (χ1n) is 5.93. The van der Waals surface area contributed by atoms with Crippen LogP contribution in [0.4, 0.5) is 0 Å². The second kappa shape index (κ2) is 5.15. The van der Waals surface area contributed by atoms with Gasteiger partial charge in [-0.2, -0.15) is 0 Å². The van der Waals surface area contributed by atoms with E-state index in [1.807, 2.05) is 0 Å². The Morgan fingerprint density at radius 2 is 1.88 bits per heavy atom. The number of aromatic nitrogens is 1. The second-order valence-corrected chi connectivity index (χ2v) is 4.34. The van der Waals surface area contributed by atoms with Gasteiger partial charge in [-0.15, -0.1) is 0 Å². The number of aryl methyl sites for hydroxylation is 2. The van der Waals surface area contributed by atoms with E-state index in [-0.39, 0.29) is 0 Å². The highest BCUT2D eigenvalue weighted by molar-refractivity contribution is 5.62. The Balaban J connectivity index is 2.35. The Kier molecular flexibility index (Phi) is 3.59. The average Bonchev–Trinajstić information content (AvgIpc) is 2.73. The van der Waals surface area contributed by atoms with Crippen molar-refractivity contribution in [3.05, 3.63) is 41.1 Å². The predicted octanol–water partition coefficient (Wildman–Crippen LogP) is 3.07. The molecule has 3 heteroatoms. The lowest BCUT2D eigenvalue weighted by Crippen LogP contribution is -2.11. The Hall–Kier alpha value is -1.61. The molecule has 0 saturated carbocycles. The van der Waals surface area contributed by atoms with Crippen LogP contribution in [0.2, 0.25) is 0 Å². The van der Waals surface area contributed by atoms with E-state index in [2.05, 4.69) is 49.4 Å². The standard InChI is InChI=1S/C14H18N2O/c1-4-15-8-13-9-16-17-14(13)12-6-10(2)5-11(3)7-12/h5-7,9,15H,4,8H2,1-3H3. The zero-order valence-corrected chi connectivity index (χ0v) is 10.6. The van der Waals surface area contributed by atoms with Gasteiger partial charge in [-0.1, -0.05) is 29.3 Å². The van der Waals surface area contributed by atoms with Crippen molar-refractivity contribution in [1.82, 2.24) is 10.5 Å². The van der Waals surface area contributed by atoms with E-state index in [0.29, 0.717) is 0 Å². The zero-order chi connectivity index (χ0) is 12.3. The fourth-order valence-corrected chi connectivity index (χ4v) is 1.99. The van der Waals surface area contributed by atoms with Gasteiger partial charge in [-0.05, 0) is 32.5 Å². The molecular formula is C14H18N2O. The summed E-state index contributed by atoms with van der Waals surface area (Å²) in [4.78, 5) is 0. The van der Waals surface area contributed by atoms with Gasteiger partial charge in [0.1, 0.15) is 0 Å². The van der Waals surface area contributed by atoms with Gasteiger partial charge in [0.25, 0.3) is 0 Å². The number of benzene rings is 1. The molecule has 17 heavy (non-hydrogen) atoms.